The van der Waals surface area contributed by atoms with Crippen molar-refractivity contribution >= 4 is 23.6 Å². The minimum absolute atomic E-state index is 0.173. The van der Waals surface area contributed by atoms with E-state index >= 15 is 0 Å². The highest BCUT2D eigenvalue weighted by molar-refractivity contribution is 6.99. The standard InChI is InChI=1S/C9H13N3O3S/c1-9(2,3)15-7(13)5-10-8(14)6-4-11-16-12-6/h4H,5H2,1-3H3,(H,10,14). The van der Waals surface area contributed by atoms with Gasteiger partial charge < -0.3 is 10.1 Å². The van der Waals surface area contributed by atoms with Gasteiger partial charge in [-0.1, -0.05) is 0 Å². The van der Waals surface area contributed by atoms with Gasteiger partial charge in [0, 0.05) is 0 Å². The zero-order valence-electron chi connectivity index (χ0n) is 9.31. The van der Waals surface area contributed by atoms with Gasteiger partial charge in [0.15, 0.2) is 5.69 Å². The predicted octanol–water partition coefficient (Wildman–Crippen LogP) is 0.610. The molecule has 0 aliphatic heterocycles. The van der Waals surface area contributed by atoms with Gasteiger partial charge in [-0.2, -0.15) is 8.75 Å². The Balaban J connectivity index is 2.35. The molecule has 0 spiro atoms. The van der Waals surface area contributed by atoms with Gasteiger partial charge in [0.2, 0.25) is 0 Å². The van der Waals surface area contributed by atoms with Crippen LogP contribution in [0.4, 0.5) is 0 Å². The summed E-state index contributed by atoms with van der Waals surface area (Å²) >= 11 is 0.935. The number of hydrogen-bond donors (Lipinski definition) is 1. The van der Waals surface area contributed by atoms with Crippen molar-refractivity contribution in [2.24, 2.45) is 0 Å². The van der Waals surface area contributed by atoms with Crippen molar-refractivity contribution in [2.45, 2.75) is 26.4 Å². The molecule has 0 aliphatic carbocycles. The van der Waals surface area contributed by atoms with Gasteiger partial charge in [0.1, 0.15) is 12.1 Å². The van der Waals surface area contributed by atoms with Crippen LogP contribution < -0.4 is 5.32 Å². The average molecular weight is 243 g/mol. The Labute approximate surface area is 97.3 Å². The van der Waals surface area contributed by atoms with E-state index in [0.29, 0.717) is 0 Å². The largest absolute Gasteiger partial charge is 0.459 e. The van der Waals surface area contributed by atoms with E-state index in [1.807, 2.05) is 0 Å². The molecule has 0 saturated heterocycles. The Morgan fingerprint density at radius 1 is 1.50 bits per heavy atom. The zero-order valence-corrected chi connectivity index (χ0v) is 10.1. The van der Waals surface area contributed by atoms with Crippen LogP contribution in [-0.4, -0.2) is 32.8 Å². The van der Waals surface area contributed by atoms with E-state index < -0.39 is 17.5 Å². The van der Waals surface area contributed by atoms with Crippen LogP contribution in [0.2, 0.25) is 0 Å². The summed E-state index contributed by atoms with van der Waals surface area (Å²) in [7, 11) is 0. The highest BCUT2D eigenvalue weighted by atomic mass is 32.1. The normalized spacial score (nSPS) is 10.9. The van der Waals surface area contributed by atoms with Crippen LogP contribution >= 0.6 is 11.7 Å². The number of esters is 1. The molecule has 16 heavy (non-hydrogen) atoms. The Kier molecular flexibility index (Phi) is 3.94. The van der Waals surface area contributed by atoms with E-state index in [9.17, 15) is 9.59 Å². The first-order chi connectivity index (χ1) is 7.38. The molecule has 0 bridgehead atoms. The van der Waals surface area contributed by atoms with Crippen LogP contribution in [0.1, 0.15) is 31.3 Å². The molecular weight excluding hydrogens is 230 g/mol. The molecule has 7 heteroatoms. The lowest BCUT2D eigenvalue weighted by molar-refractivity contribution is -0.153. The molecule has 1 aromatic rings. The molecule has 88 valence electrons. The molecule has 1 aromatic heterocycles. The molecule has 0 unspecified atom stereocenters. The number of aromatic nitrogens is 2. The first-order valence-corrected chi connectivity index (χ1v) is 5.39. The molecule has 1 amide bonds. The number of hydrogen-bond acceptors (Lipinski definition) is 6. The number of carbonyl (C=O) groups excluding carboxylic acids is 2. The molecule has 0 aliphatic rings. The highest BCUT2D eigenvalue weighted by Crippen LogP contribution is 2.06. The molecule has 0 aromatic carbocycles. The average Bonchev–Trinajstić information content (AvgIpc) is 2.64. The van der Waals surface area contributed by atoms with Gasteiger partial charge in [-0.25, -0.2) is 0 Å². The third kappa shape index (κ3) is 4.35. The van der Waals surface area contributed by atoms with Crippen LogP contribution in [-0.2, 0) is 9.53 Å². The molecule has 0 atom stereocenters. The second kappa shape index (κ2) is 5.02. The second-order valence-electron chi connectivity index (χ2n) is 4.06. The van der Waals surface area contributed by atoms with Gasteiger partial charge in [-0.05, 0) is 20.8 Å². The summed E-state index contributed by atoms with van der Waals surface area (Å²) in [5, 5.41) is 2.40. The van der Waals surface area contributed by atoms with E-state index in [1.54, 1.807) is 20.8 Å². The number of rotatable bonds is 3. The van der Waals surface area contributed by atoms with Crippen molar-refractivity contribution in [1.29, 1.82) is 0 Å². The molecule has 1 N–H and O–H groups in total. The summed E-state index contributed by atoms with van der Waals surface area (Å²) in [6.45, 7) is 5.11. The van der Waals surface area contributed by atoms with Crippen molar-refractivity contribution in [1.82, 2.24) is 14.1 Å². The van der Waals surface area contributed by atoms with Gasteiger partial charge in [-0.15, -0.1) is 0 Å². The van der Waals surface area contributed by atoms with Crippen LogP contribution in [0.25, 0.3) is 0 Å². The van der Waals surface area contributed by atoms with Crippen molar-refractivity contribution in [2.75, 3.05) is 6.54 Å². The van der Waals surface area contributed by atoms with Gasteiger partial charge >= 0.3 is 5.97 Å². The van der Waals surface area contributed by atoms with Gasteiger partial charge in [0.25, 0.3) is 5.91 Å². The van der Waals surface area contributed by atoms with E-state index in [4.69, 9.17) is 4.74 Å². The van der Waals surface area contributed by atoms with Gasteiger partial charge in [0.05, 0.1) is 17.9 Å². The Bertz CT molecular complexity index is 370. The number of nitrogens with one attached hydrogen (secondary N) is 1. The molecule has 1 rings (SSSR count). The Morgan fingerprint density at radius 2 is 2.19 bits per heavy atom. The van der Waals surface area contributed by atoms with Crippen LogP contribution in [0.3, 0.4) is 0 Å². The SMILES string of the molecule is CC(C)(C)OC(=O)CNC(=O)c1cnsn1. The lowest BCUT2D eigenvalue weighted by Gasteiger charge is -2.19. The van der Waals surface area contributed by atoms with Crippen molar-refractivity contribution < 1.29 is 14.3 Å². The zero-order chi connectivity index (χ0) is 12.2. The summed E-state index contributed by atoms with van der Waals surface area (Å²) in [6, 6.07) is 0. The van der Waals surface area contributed by atoms with E-state index in [2.05, 4.69) is 14.1 Å². The first kappa shape index (κ1) is 12.6. The lowest BCUT2D eigenvalue weighted by atomic mass is 10.2. The molecular formula is C9H13N3O3S. The van der Waals surface area contributed by atoms with Crippen LogP contribution in [0, 0.1) is 0 Å². The third-order valence-electron chi connectivity index (χ3n) is 1.41. The third-order valence-corrected chi connectivity index (χ3v) is 1.89. The minimum Gasteiger partial charge on any atom is -0.459 e. The molecule has 0 saturated carbocycles. The van der Waals surface area contributed by atoms with Gasteiger partial charge in [-0.3, -0.25) is 9.59 Å². The first-order valence-electron chi connectivity index (χ1n) is 4.66. The summed E-state index contributed by atoms with van der Waals surface area (Å²) < 4.78 is 12.4. The summed E-state index contributed by atoms with van der Waals surface area (Å²) in [4.78, 5) is 22.6. The topological polar surface area (TPSA) is 81.2 Å². The smallest absolute Gasteiger partial charge is 0.325 e. The fourth-order valence-electron chi connectivity index (χ4n) is 0.885. The molecule has 6 nitrogen and oxygen atoms in total. The minimum atomic E-state index is -0.552. The maximum atomic E-state index is 11.4. The van der Waals surface area contributed by atoms with Crippen LogP contribution in [0.5, 0.6) is 0 Å². The number of carbonyl (C=O) groups is 2. The van der Waals surface area contributed by atoms with Crippen molar-refractivity contribution in [3.63, 3.8) is 0 Å². The number of nitrogens with zero attached hydrogens (tertiary/aromatic N) is 2. The van der Waals surface area contributed by atoms with Crippen molar-refractivity contribution in [3.8, 4) is 0 Å². The fraction of sp³-hybridized carbons (Fsp3) is 0.556. The summed E-state index contributed by atoms with van der Waals surface area (Å²) in [6.07, 6.45) is 1.34. The number of ether oxygens (including phenoxy) is 1. The lowest BCUT2D eigenvalue weighted by Crippen LogP contribution is -2.34. The molecule has 0 radical (unpaired) electrons. The summed E-state index contributed by atoms with van der Waals surface area (Å²) in [5.74, 6) is -0.913. The fourth-order valence-corrected chi connectivity index (χ4v) is 1.30. The Morgan fingerprint density at radius 3 is 2.69 bits per heavy atom. The number of amides is 1. The van der Waals surface area contributed by atoms with E-state index in [-0.39, 0.29) is 12.2 Å². The Hall–Kier alpha value is -1.50. The van der Waals surface area contributed by atoms with E-state index in [1.165, 1.54) is 6.20 Å². The molecule has 0 fully saturated rings. The maximum absolute atomic E-state index is 11.4. The summed E-state index contributed by atoms with van der Waals surface area (Å²) in [5.41, 5.74) is -0.349. The molecule has 1 heterocycles. The maximum Gasteiger partial charge on any atom is 0.325 e. The predicted molar refractivity (Wildman–Crippen MR) is 58.1 cm³/mol. The monoisotopic (exact) mass is 243 g/mol. The van der Waals surface area contributed by atoms with Crippen LogP contribution in [0.15, 0.2) is 6.20 Å². The second-order valence-corrected chi connectivity index (χ2v) is 4.62. The van der Waals surface area contributed by atoms with Crippen molar-refractivity contribution in [3.05, 3.63) is 11.9 Å². The highest BCUT2D eigenvalue weighted by Gasteiger charge is 2.17. The quantitative estimate of drug-likeness (QED) is 0.787. The van der Waals surface area contributed by atoms with E-state index in [0.717, 1.165) is 11.7 Å².